The van der Waals surface area contributed by atoms with Gasteiger partial charge in [0.05, 0.1) is 0 Å². The molecule has 0 spiro atoms. The lowest BCUT2D eigenvalue weighted by atomic mass is 10.0. The second-order valence-corrected chi connectivity index (χ2v) is 32.0. The first-order valence-electron chi connectivity index (χ1n) is 45.3. The average molecular weight is 1760 g/mol. The van der Waals surface area contributed by atoms with Crippen molar-refractivity contribution >= 4 is 52.9 Å². The quantitative estimate of drug-likeness (QED) is 0.0320. The Bertz CT molecular complexity index is 5660. The number of nitrogens with zero attached hydrogens (tertiary/aromatic N) is 3. The van der Waals surface area contributed by atoms with Gasteiger partial charge in [0, 0.05) is 107 Å². The molecule has 0 radical (unpaired) electrons. The molecule has 0 aliphatic heterocycles. The monoisotopic (exact) mass is 1760 g/mol. The number of hydrogen-bond acceptors (Lipinski definition) is 8. The van der Waals surface area contributed by atoms with Crippen molar-refractivity contribution < 1.29 is 38.4 Å². The Labute approximate surface area is 782 Å². The predicted octanol–water partition coefficient (Wildman–Crippen LogP) is 22.0. The number of likely N-dealkylation sites (N-methyl/N-ethyl adjacent to an activating group) is 2. The number of nitrogens with one attached hydrogen (secondary N) is 4. The predicted molar refractivity (Wildman–Crippen MR) is 539 cm³/mol. The minimum atomic E-state index is -0.242. The van der Waals surface area contributed by atoms with E-state index in [4.69, 9.17) is 0 Å². The Kier molecular flexibility index (Phi) is 46.5. The molecule has 0 aliphatic carbocycles. The van der Waals surface area contributed by atoms with Gasteiger partial charge >= 0.3 is 0 Å². The summed E-state index contributed by atoms with van der Waals surface area (Å²) < 4.78 is 0. The summed E-state index contributed by atoms with van der Waals surface area (Å²) in [4.78, 5) is 100. The average Bonchev–Trinajstić information content (AvgIpc) is 0.864. The standard InChI is InChI=1S/C19H23NO.C18H21NO.C17H17NO2.C17H19NO.C16H17NO.2C15H15NO/c1-13-5-7-17(11-15(13)3)9-10-20-19(21)18-8-6-14(2)16(4)12-18;1-19(15-14-17-10-6-3-7-11-17)18(20)13-12-16-8-4-2-5-9-16;1-14(19)18(13-12-15-8-4-2-5-9-15)17(20)16-10-6-3-7-11-16;19-17(12-11-15-7-3-1-4-8-15)18-14-13-16-9-5-2-6-10-16;1-17(13-12-14-8-4-2-5-9-14)16(18)15-10-6-3-7-11-15;17-15(14-9-5-2-6-10-14)16-12-11-13-7-3-1-4-8-13;17-15(16-14-9-5-2-6-10-14)12-11-13-7-3-1-4-8-13/h5-8,11-12H,9-10H2,1-4H3,(H,20,21);2-11H,12-15H2,1H3;2-11H,12-13H2,1H3;1-10H,11-14H2,(H,18,19);2-11H,12-13H2,1H3;2*1-10H,11-12H2,(H,16,17). The molecule has 4 N–H and O–H groups in total. The maximum Gasteiger partial charge on any atom is 0.260 e. The van der Waals surface area contributed by atoms with Gasteiger partial charge in [-0.15, -0.1) is 0 Å². The number of carbonyl (C=O) groups excluding carboxylic acids is 8. The van der Waals surface area contributed by atoms with Gasteiger partial charge in [-0.2, -0.15) is 0 Å². The summed E-state index contributed by atoms with van der Waals surface area (Å²) in [5.41, 5.74) is 19.6. The van der Waals surface area contributed by atoms with E-state index in [1.165, 1.54) is 73.0 Å². The molecular formula is C117H127N7O8. The van der Waals surface area contributed by atoms with Crippen LogP contribution in [-0.4, -0.2) is 115 Å². The highest BCUT2D eigenvalue weighted by molar-refractivity contribution is 6.04. The van der Waals surface area contributed by atoms with Gasteiger partial charge in [-0.1, -0.05) is 340 Å². The normalized spacial score (nSPS) is 10.1. The Morgan fingerprint density at radius 2 is 0.538 bits per heavy atom. The highest BCUT2D eigenvalue weighted by Gasteiger charge is 2.20. The zero-order chi connectivity index (χ0) is 94.0. The largest absolute Gasteiger partial charge is 0.356 e. The van der Waals surface area contributed by atoms with Gasteiger partial charge in [0.15, 0.2) is 0 Å². The Hall–Kier alpha value is -15.0. The van der Waals surface area contributed by atoms with Crippen LogP contribution in [0.5, 0.6) is 0 Å². The van der Waals surface area contributed by atoms with Crippen molar-refractivity contribution in [1.82, 2.24) is 30.7 Å². The molecule has 0 aromatic heterocycles. The number of imide groups is 1. The molecule has 0 fully saturated rings. The van der Waals surface area contributed by atoms with Crippen LogP contribution in [0.4, 0.5) is 5.69 Å². The molecule has 0 bridgehead atoms. The van der Waals surface area contributed by atoms with Crippen LogP contribution in [0.3, 0.4) is 0 Å². The molecule has 14 aromatic carbocycles. The summed E-state index contributed by atoms with van der Waals surface area (Å²) in [6.07, 6.45) is 9.11. The van der Waals surface area contributed by atoms with E-state index < -0.39 is 0 Å². The smallest absolute Gasteiger partial charge is 0.260 e. The minimum Gasteiger partial charge on any atom is -0.356 e. The number of anilines is 1. The molecule has 14 aromatic rings. The Morgan fingerprint density at radius 1 is 0.242 bits per heavy atom. The number of amides is 8. The minimum absolute atomic E-state index is 0.00179. The summed E-state index contributed by atoms with van der Waals surface area (Å²) in [5.74, 6) is -0.0107. The van der Waals surface area contributed by atoms with Gasteiger partial charge in [-0.05, 0) is 218 Å². The fourth-order valence-corrected chi connectivity index (χ4v) is 13.6. The van der Waals surface area contributed by atoms with Crippen LogP contribution in [0.25, 0.3) is 0 Å². The zero-order valence-corrected chi connectivity index (χ0v) is 77.4. The van der Waals surface area contributed by atoms with Crippen molar-refractivity contribution in [2.45, 2.75) is 112 Å². The lowest BCUT2D eigenvalue weighted by Gasteiger charge is -2.19. The van der Waals surface area contributed by atoms with E-state index in [1.807, 2.05) is 311 Å². The fourth-order valence-electron chi connectivity index (χ4n) is 13.6. The van der Waals surface area contributed by atoms with Crippen LogP contribution >= 0.6 is 0 Å². The summed E-state index contributed by atoms with van der Waals surface area (Å²) in [6.45, 7) is 13.7. The van der Waals surface area contributed by atoms with E-state index in [9.17, 15) is 38.4 Å². The first-order valence-corrected chi connectivity index (χ1v) is 45.3. The van der Waals surface area contributed by atoms with Crippen molar-refractivity contribution in [2.75, 3.05) is 58.7 Å². The molecule has 15 heteroatoms. The SMILES string of the molecule is CC(=O)N(CCc1ccccc1)C(=O)c1ccccc1.CN(CCc1ccccc1)C(=O)CCc1ccccc1.CN(CCc1ccccc1)C(=O)c1ccccc1.Cc1ccc(CCNC(=O)c2ccc(C)c(C)c2)cc1C.O=C(CCc1ccccc1)NCCc1ccccc1.O=C(CCc1ccccc1)Nc1ccccc1.O=C(NCCc1ccccc1)c1ccccc1. The topological polar surface area (TPSA) is 194 Å². The van der Waals surface area contributed by atoms with Gasteiger partial charge < -0.3 is 31.1 Å². The first-order chi connectivity index (χ1) is 64.2. The van der Waals surface area contributed by atoms with Crippen LogP contribution in [-0.2, 0) is 77.0 Å². The highest BCUT2D eigenvalue weighted by atomic mass is 16.2. The van der Waals surface area contributed by atoms with Crippen molar-refractivity contribution in [2.24, 2.45) is 0 Å². The van der Waals surface area contributed by atoms with E-state index in [2.05, 4.69) is 133 Å². The van der Waals surface area contributed by atoms with Crippen molar-refractivity contribution in [1.29, 1.82) is 0 Å². The number of aryl methyl sites for hydroxylation is 7. The summed E-state index contributed by atoms with van der Waals surface area (Å²) in [6, 6.07) is 130. The maximum atomic E-state index is 12.3. The van der Waals surface area contributed by atoms with Gasteiger partial charge in [0.2, 0.25) is 23.6 Å². The molecule has 0 atom stereocenters. The fraction of sp³-hybridized carbons (Fsp3) is 0.214. The number of para-hydroxylation sites is 1. The van der Waals surface area contributed by atoms with Crippen molar-refractivity contribution in [3.05, 3.63) is 495 Å². The van der Waals surface area contributed by atoms with E-state index in [-0.39, 0.29) is 47.3 Å². The molecule has 0 saturated heterocycles. The van der Waals surface area contributed by atoms with E-state index in [0.717, 1.165) is 92.4 Å². The van der Waals surface area contributed by atoms with E-state index >= 15 is 0 Å². The number of carbonyl (C=O) groups is 8. The number of hydrogen-bond donors (Lipinski definition) is 4. The Balaban J connectivity index is 0.000000190. The molecular weight excluding hydrogens is 1630 g/mol. The highest BCUT2D eigenvalue weighted by Crippen LogP contribution is 2.17. The molecule has 8 amide bonds. The Morgan fingerprint density at radius 3 is 0.924 bits per heavy atom. The van der Waals surface area contributed by atoms with Crippen LogP contribution < -0.4 is 21.3 Å². The third-order valence-electron chi connectivity index (χ3n) is 21.8. The van der Waals surface area contributed by atoms with Crippen molar-refractivity contribution in [3.63, 3.8) is 0 Å². The van der Waals surface area contributed by atoms with Crippen LogP contribution in [0.1, 0.15) is 140 Å². The molecule has 678 valence electrons. The van der Waals surface area contributed by atoms with E-state index in [0.29, 0.717) is 63.0 Å². The van der Waals surface area contributed by atoms with Gasteiger partial charge in [-0.25, -0.2) is 0 Å². The lowest BCUT2D eigenvalue weighted by molar-refractivity contribution is -0.130. The van der Waals surface area contributed by atoms with Gasteiger partial charge in [0.1, 0.15) is 0 Å². The van der Waals surface area contributed by atoms with E-state index in [1.54, 1.807) is 29.2 Å². The second-order valence-electron chi connectivity index (χ2n) is 32.0. The first kappa shape index (κ1) is 102. The van der Waals surface area contributed by atoms with Crippen LogP contribution in [0, 0.1) is 27.7 Å². The molecule has 0 saturated carbocycles. The maximum absolute atomic E-state index is 12.3. The van der Waals surface area contributed by atoms with Crippen molar-refractivity contribution in [3.8, 4) is 0 Å². The summed E-state index contributed by atoms with van der Waals surface area (Å²) >= 11 is 0. The van der Waals surface area contributed by atoms with Gasteiger partial charge in [0.25, 0.3) is 23.6 Å². The summed E-state index contributed by atoms with van der Waals surface area (Å²) in [7, 11) is 3.73. The lowest BCUT2D eigenvalue weighted by Crippen LogP contribution is -2.36. The third kappa shape index (κ3) is 41.0. The second kappa shape index (κ2) is 60.0. The number of benzene rings is 14. The molecule has 14 rings (SSSR count). The molecule has 132 heavy (non-hydrogen) atoms. The summed E-state index contributed by atoms with van der Waals surface area (Å²) in [5, 5.41) is 11.7. The molecule has 0 unspecified atom stereocenters. The zero-order valence-electron chi connectivity index (χ0n) is 77.4. The van der Waals surface area contributed by atoms with Crippen LogP contribution in [0.15, 0.2) is 400 Å². The molecule has 15 nitrogen and oxygen atoms in total. The third-order valence-corrected chi connectivity index (χ3v) is 21.8. The van der Waals surface area contributed by atoms with Crippen LogP contribution in [0.2, 0.25) is 0 Å². The van der Waals surface area contributed by atoms with Gasteiger partial charge in [-0.3, -0.25) is 43.3 Å². The number of rotatable bonds is 32. The molecule has 0 heterocycles. The molecule has 0 aliphatic rings.